The molecule has 4 aromatic carbocycles. The van der Waals surface area contributed by atoms with Crippen LogP contribution in [-0.2, 0) is 10.2 Å². The Kier molecular flexibility index (Phi) is 4.91. The third kappa shape index (κ3) is 3.08. The number of amides is 1. The standard InChI is InChI=1S/C33H19BrN4O3/c34-19-14-16-20(17-15-19)38-31-28(26(37-38)18-8-2-1-3-9-18)36-27-25(29(39)21-10-4-5-11-22(21)30(27)40)33(31)23-12-6-7-13-24(23)35-32(33)41/h1-17,36H,(H,35,41). The number of ketones is 2. The average molecular weight is 599 g/mol. The molecule has 1 aromatic heterocycles. The van der Waals surface area contributed by atoms with E-state index in [1.807, 2.05) is 78.9 Å². The molecule has 1 atom stereocenters. The lowest BCUT2D eigenvalue weighted by molar-refractivity contribution is -0.118. The van der Waals surface area contributed by atoms with E-state index in [1.54, 1.807) is 28.9 Å². The molecule has 1 aliphatic carbocycles. The summed E-state index contributed by atoms with van der Waals surface area (Å²) in [5, 5.41) is 11.4. The van der Waals surface area contributed by atoms with Gasteiger partial charge in [0, 0.05) is 32.4 Å². The van der Waals surface area contributed by atoms with E-state index in [9.17, 15) is 14.4 Å². The van der Waals surface area contributed by atoms with Crippen molar-refractivity contribution in [1.29, 1.82) is 0 Å². The van der Waals surface area contributed by atoms with Gasteiger partial charge >= 0.3 is 0 Å². The Labute approximate surface area is 242 Å². The number of Topliss-reactive ketones (excluding diaryl/α,β-unsaturated/α-hetero) is 2. The van der Waals surface area contributed by atoms with Gasteiger partial charge in [-0.2, -0.15) is 5.10 Å². The molecule has 8 heteroatoms. The van der Waals surface area contributed by atoms with Gasteiger partial charge in [0.05, 0.1) is 28.3 Å². The number of anilines is 2. The van der Waals surface area contributed by atoms with Crippen LogP contribution in [0.3, 0.4) is 0 Å². The normalized spacial score (nSPS) is 18.4. The number of para-hydroxylation sites is 1. The number of hydrogen-bond donors (Lipinski definition) is 2. The number of hydrogen-bond acceptors (Lipinski definition) is 5. The molecular weight excluding hydrogens is 580 g/mol. The van der Waals surface area contributed by atoms with Gasteiger partial charge in [-0.1, -0.05) is 88.7 Å². The maximum Gasteiger partial charge on any atom is 0.246 e. The summed E-state index contributed by atoms with van der Waals surface area (Å²) in [6.45, 7) is 0. The van der Waals surface area contributed by atoms with Crippen LogP contribution in [0.15, 0.2) is 119 Å². The fraction of sp³-hybridized carbons (Fsp3) is 0.0303. The van der Waals surface area contributed by atoms with E-state index in [4.69, 9.17) is 5.10 Å². The maximum absolute atomic E-state index is 14.5. The van der Waals surface area contributed by atoms with Gasteiger partial charge in [-0.25, -0.2) is 4.68 Å². The molecule has 1 unspecified atom stereocenters. The van der Waals surface area contributed by atoms with Gasteiger partial charge in [0.25, 0.3) is 0 Å². The van der Waals surface area contributed by atoms with Crippen LogP contribution in [0.2, 0.25) is 0 Å². The Morgan fingerprint density at radius 2 is 1.37 bits per heavy atom. The molecule has 1 spiro atoms. The maximum atomic E-state index is 14.5. The zero-order valence-electron chi connectivity index (χ0n) is 21.3. The largest absolute Gasteiger partial charge is 0.349 e. The molecule has 0 saturated heterocycles. The van der Waals surface area contributed by atoms with Crippen molar-refractivity contribution in [3.8, 4) is 16.9 Å². The van der Waals surface area contributed by atoms with Crippen LogP contribution in [0, 0.1) is 0 Å². The van der Waals surface area contributed by atoms with Crippen molar-refractivity contribution >= 4 is 44.8 Å². The zero-order chi connectivity index (χ0) is 27.9. The molecule has 2 N–H and O–H groups in total. The third-order valence-electron chi connectivity index (χ3n) is 8.02. The number of halogens is 1. The Morgan fingerprint density at radius 3 is 2.12 bits per heavy atom. The van der Waals surface area contributed by atoms with E-state index in [2.05, 4.69) is 26.6 Å². The zero-order valence-corrected chi connectivity index (χ0v) is 22.9. The molecule has 2 aliphatic heterocycles. The summed E-state index contributed by atoms with van der Waals surface area (Å²) in [5.74, 6) is -1.12. The Morgan fingerprint density at radius 1 is 0.707 bits per heavy atom. The van der Waals surface area contributed by atoms with Crippen molar-refractivity contribution in [2.45, 2.75) is 5.41 Å². The van der Waals surface area contributed by atoms with Crippen molar-refractivity contribution in [3.05, 3.63) is 141 Å². The number of benzene rings is 4. The number of fused-ring (bicyclic) bond motifs is 6. The molecule has 3 aliphatic rings. The van der Waals surface area contributed by atoms with Crippen LogP contribution >= 0.6 is 15.9 Å². The number of carbonyl (C=O) groups is 3. The number of carbonyl (C=O) groups excluding carboxylic acids is 3. The summed E-state index contributed by atoms with van der Waals surface area (Å²) in [6, 6.07) is 31.2. The second kappa shape index (κ2) is 8.46. The van der Waals surface area contributed by atoms with Crippen LogP contribution in [0.25, 0.3) is 16.9 Å². The monoisotopic (exact) mass is 598 g/mol. The van der Waals surface area contributed by atoms with Crippen LogP contribution in [0.1, 0.15) is 32.0 Å². The minimum Gasteiger partial charge on any atom is -0.349 e. The van der Waals surface area contributed by atoms with E-state index < -0.39 is 11.3 Å². The summed E-state index contributed by atoms with van der Waals surface area (Å²) in [4.78, 5) is 43.0. The van der Waals surface area contributed by atoms with Crippen molar-refractivity contribution in [2.24, 2.45) is 0 Å². The van der Waals surface area contributed by atoms with Crippen molar-refractivity contribution in [1.82, 2.24) is 9.78 Å². The van der Waals surface area contributed by atoms with E-state index in [-0.39, 0.29) is 28.4 Å². The van der Waals surface area contributed by atoms with E-state index in [1.165, 1.54) is 0 Å². The van der Waals surface area contributed by atoms with Gasteiger partial charge < -0.3 is 10.6 Å². The summed E-state index contributed by atoms with van der Waals surface area (Å²) in [7, 11) is 0. The first-order valence-corrected chi connectivity index (χ1v) is 13.9. The predicted molar refractivity (Wildman–Crippen MR) is 158 cm³/mol. The van der Waals surface area contributed by atoms with E-state index >= 15 is 0 Å². The topological polar surface area (TPSA) is 93.1 Å². The van der Waals surface area contributed by atoms with Gasteiger partial charge in [-0.15, -0.1) is 0 Å². The highest BCUT2D eigenvalue weighted by Crippen LogP contribution is 2.57. The lowest BCUT2D eigenvalue weighted by Crippen LogP contribution is -2.48. The fourth-order valence-electron chi connectivity index (χ4n) is 6.29. The van der Waals surface area contributed by atoms with Crippen molar-refractivity contribution < 1.29 is 14.4 Å². The van der Waals surface area contributed by atoms with E-state index in [0.29, 0.717) is 39.6 Å². The third-order valence-corrected chi connectivity index (χ3v) is 8.55. The summed E-state index contributed by atoms with van der Waals surface area (Å²) < 4.78 is 2.61. The number of allylic oxidation sites excluding steroid dienone is 1. The van der Waals surface area contributed by atoms with Crippen LogP contribution < -0.4 is 10.6 Å². The SMILES string of the molecule is O=C1C2=C(C(=O)c3ccccc31)C1(C(=O)Nc3ccccc31)c1c(c(-c3ccccc3)nn1-c1ccc(Br)cc1)N2. The quantitative estimate of drug-likeness (QED) is 0.249. The average Bonchev–Trinajstić information content (AvgIpc) is 3.53. The highest BCUT2D eigenvalue weighted by atomic mass is 79.9. The van der Waals surface area contributed by atoms with Gasteiger partial charge in [0.1, 0.15) is 5.69 Å². The second-order valence-corrected chi connectivity index (χ2v) is 11.1. The van der Waals surface area contributed by atoms with Crippen LogP contribution in [0.4, 0.5) is 11.4 Å². The molecule has 0 saturated carbocycles. The molecule has 1 amide bonds. The molecule has 7 nitrogen and oxygen atoms in total. The summed E-state index contributed by atoms with van der Waals surface area (Å²) in [6.07, 6.45) is 0. The molecule has 5 aromatic rings. The minimum absolute atomic E-state index is 0.0978. The molecule has 0 bridgehead atoms. The Bertz CT molecular complexity index is 2010. The highest BCUT2D eigenvalue weighted by molar-refractivity contribution is 9.10. The summed E-state index contributed by atoms with van der Waals surface area (Å²) >= 11 is 3.51. The number of aromatic nitrogens is 2. The molecule has 41 heavy (non-hydrogen) atoms. The van der Waals surface area contributed by atoms with Crippen LogP contribution in [0.5, 0.6) is 0 Å². The first-order chi connectivity index (χ1) is 20.0. The summed E-state index contributed by atoms with van der Waals surface area (Å²) in [5.41, 5.74) is 3.36. The van der Waals surface area contributed by atoms with Gasteiger partial charge in [-0.3, -0.25) is 14.4 Å². The predicted octanol–water partition coefficient (Wildman–Crippen LogP) is 6.30. The number of rotatable bonds is 2. The molecule has 3 heterocycles. The minimum atomic E-state index is -1.64. The fourth-order valence-corrected chi connectivity index (χ4v) is 6.55. The number of nitrogens with zero attached hydrogens (tertiary/aromatic N) is 2. The lowest BCUT2D eigenvalue weighted by atomic mass is 9.64. The van der Waals surface area contributed by atoms with Crippen molar-refractivity contribution in [3.63, 3.8) is 0 Å². The molecule has 0 fully saturated rings. The Balaban J connectivity index is 1.54. The smallest absolute Gasteiger partial charge is 0.246 e. The first-order valence-electron chi connectivity index (χ1n) is 13.1. The van der Waals surface area contributed by atoms with E-state index in [0.717, 1.165) is 10.0 Å². The van der Waals surface area contributed by atoms with Crippen LogP contribution in [-0.4, -0.2) is 27.3 Å². The molecule has 8 rings (SSSR count). The highest BCUT2D eigenvalue weighted by Gasteiger charge is 2.61. The van der Waals surface area contributed by atoms with Gasteiger partial charge in [0.15, 0.2) is 11.2 Å². The Hall–Kier alpha value is -5.08. The lowest BCUT2D eigenvalue weighted by Gasteiger charge is -2.38. The van der Waals surface area contributed by atoms with Gasteiger partial charge in [-0.05, 0) is 30.3 Å². The molecular formula is C33H19BrN4O3. The first kappa shape index (κ1) is 23.8. The second-order valence-electron chi connectivity index (χ2n) is 10.2. The van der Waals surface area contributed by atoms with Gasteiger partial charge in [0.2, 0.25) is 11.7 Å². The number of nitrogens with one attached hydrogen (secondary N) is 2. The molecule has 196 valence electrons. The van der Waals surface area contributed by atoms with Crippen molar-refractivity contribution in [2.75, 3.05) is 10.6 Å². The molecule has 0 radical (unpaired) electrons.